The van der Waals surface area contributed by atoms with Crippen molar-refractivity contribution in [3.8, 4) is 0 Å². The fraction of sp³-hybridized carbons (Fsp3) is 0.462. The second-order valence-electron chi connectivity index (χ2n) is 9.20. The van der Waals surface area contributed by atoms with E-state index in [-0.39, 0.29) is 35.4 Å². The molecule has 2 aromatic carbocycles. The van der Waals surface area contributed by atoms with Gasteiger partial charge in [-0.2, -0.15) is 0 Å². The summed E-state index contributed by atoms with van der Waals surface area (Å²) in [6.45, 7) is 7.72. The van der Waals surface area contributed by atoms with Crippen molar-refractivity contribution < 1.29 is 14.0 Å². The molecule has 2 aliphatic rings. The Hall–Kier alpha value is -2.73. The van der Waals surface area contributed by atoms with Gasteiger partial charge in [-0.05, 0) is 81.0 Å². The van der Waals surface area contributed by atoms with Crippen LogP contribution in [0.2, 0.25) is 0 Å². The highest BCUT2D eigenvalue weighted by atomic mass is 19.1. The molecule has 1 heterocycles. The molecule has 2 aromatic rings. The Morgan fingerprint density at radius 2 is 1.88 bits per heavy atom. The molecule has 1 saturated carbocycles. The van der Waals surface area contributed by atoms with Gasteiger partial charge in [0.15, 0.2) is 0 Å². The Kier molecular flexibility index (Phi) is 6.60. The second kappa shape index (κ2) is 9.41. The molecule has 170 valence electrons. The van der Waals surface area contributed by atoms with Crippen molar-refractivity contribution in [3.05, 3.63) is 70.0 Å². The van der Waals surface area contributed by atoms with Gasteiger partial charge < -0.3 is 15.5 Å². The molecule has 0 spiro atoms. The van der Waals surface area contributed by atoms with Gasteiger partial charge in [-0.3, -0.25) is 9.59 Å². The lowest BCUT2D eigenvalue weighted by Gasteiger charge is -2.36. The first kappa shape index (κ1) is 22.5. The van der Waals surface area contributed by atoms with Gasteiger partial charge in [0.2, 0.25) is 5.91 Å². The second-order valence-corrected chi connectivity index (χ2v) is 9.20. The Morgan fingerprint density at radius 3 is 2.59 bits per heavy atom. The number of carbonyl (C=O) groups excluding carboxylic acids is 2. The molecule has 1 aliphatic heterocycles. The molecule has 2 unspecified atom stereocenters. The van der Waals surface area contributed by atoms with Crippen LogP contribution in [0, 0.1) is 32.5 Å². The molecule has 2 N–H and O–H groups in total. The maximum atomic E-state index is 13.9. The van der Waals surface area contributed by atoms with E-state index >= 15 is 0 Å². The number of hydrogen-bond donors (Lipinski definition) is 2. The van der Waals surface area contributed by atoms with Crippen molar-refractivity contribution in [3.63, 3.8) is 0 Å². The lowest BCUT2D eigenvalue weighted by Crippen LogP contribution is -2.55. The van der Waals surface area contributed by atoms with E-state index in [0.29, 0.717) is 25.1 Å². The third-order valence-corrected chi connectivity index (χ3v) is 6.88. The van der Waals surface area contributed by atoms with E-state index in [4.69, 9.17) is 0 Å². The predicted molar refractivity (Wildman–Crippen MR) is 123 cm³/mol. The minimum atomic E-state index is -0.399. The van der Waals surface area contributed by atoms with E-state index in [0.717, 1.165) is 19.4 Å². The Bertz CT molecular complexity index is 1020. The summed E-state index contributed by atoms with van der Waals surface area (Å²) in [5.41, 5.74) is 4.40. The first-order chi connectivity index (χ1) is 15.3. The molecule has 2 fully saturated rings. The average molecular weight is 438 g/mol. The van der Waals surface area contributed by atoms with E-state index < -0.39 is 5.82 Å². The zero-order chi connectivity index (χ0) is 22.8. The number of rotatable bonds is 6. The van der Waals surface area contributed by atoms with E-state index in [2.05, 4.69) is 36.6 Å². The molecule has 4 rings (SSSR count). The number of carbonyl (C=O) groups is 2. The minimum absolute atomic E-state index is 0.0843. The molecule has 32 heavy (non-hydrogen) atoms. The third kappa shape index (κ3) is 4.85. The molecular formula is C26H32FN3O2. The summed E-state index contributed by atoms with van der Waals surface area (Å²) in [6, 6.07) is 10.7. The quantitative estimate of drug-likeness (QED) is 0.725. The number of nitrogens with zero attached hydrogens (tertiary/aromatic N) is 1. The van der Waals surface area contributed by atoms with Gasteiger partial charge in [-0.1, -0.05) is 24.3 Å². The minimum Gasteiger partial charge on any atom is -0.348 e. The van der Waals surface area contributed by atoms with Gasteiger partial charge >= 0.3 is 0 Å². The number of piperidine rings is 1. The summed E-state index contributed by atoms with van der Waals surface area (Å²) < 4.78 is 13.9. The number of benzene rings is 2. The Morgan fingerprint density at radius 1 is 1.09 bits per heavy atom. The Balaban J connectivity index is 1.51. The number of hydrogen-bond acceptors (Lipinski definition) is 3. The van der Waals surface area contributed by atoms with Gasteiger partial charge in [-0.15, -0.1) is 0 Å². The summed E-state index contributed by atoms with van der Waals surface area (Å²) in [4.78, 5) is 28.5. The van der Waals surface area contributed by atoms with Crippen LogP contribution >= 0.6 is 0 Å². The van der Waals surface area contributed by atoms with Gasteiger partial charge in [0.05, 0.1) is 5.92 Å². The van der Waals surface area contributed by atoms with Crippen LogP contribution in [0.15, 0.2) is 36.4 Å². The largest absolute Gasteiger partial charge is 0.348 e. The van der Waals surface area contributed by atoms with Crippen LogP contribution in [0.1, 0.15) is 51.9 Å². The van der Waals surface area contributed by atoms with Crippen molar-refractivity contribution in [2.24, 2.45) is 5.92 Å². The summed E-state index contributed by atoms with van der Waals surface area (Å²) in [5.74, 6) is -0.986. The highest BCUT2D eigenvalue weighted by molar-refractivity contribution is 5.95. The monoisotopic (exact) mass is 437 g/mol. The van der Waals surface area contributed by atoms with Gasteiger partial charge in [0, 0.05) is 30.7 Å². The van der Waals surface area contributed by atoms with E-state index in [9.17, 15) is 14.0 Å². The Labute approximate surface area is 189 Å². The van der Waals surface area contributed by atoms with Gasteiger partial charge in [-0.25, -0.2) is 4.39 Å². The number of aryl methyl sites for hydroxylation is 2. The fourth-order valence-corrected chi connectivity index (χ4v) is 4.43. The standard InChI is InChI=1S/C26H32FN3O2/c1-16-5-4-6-20(18(16)3)15-30(21-9-10-21)26(32)22-14-28-12-11-24(22)29-25(31)19-8-7-17(2)23(27)13-19/h4-8,13,21-22,24,28H,9-12,14-15H2,1-3H3,(H,29,31). The fourth-order valence-electron chi connectivity index (χ4n) is 4.43. The van der Waals surface area contributed by atoms with Crippen molar-refractivity contribution in [2.45, 2.75) is 58.7 Å². The third-order valence-electron chi connectivity index (χ3n) is 6.88. The van der Waals surface area contributed by atoms with Crippen molar-refractivity contribution >= 4 is 11.8 Å². The number of nitrogens with one attached hydrogen (secondary N) is 2. The topological polar surface area (TPSA) is 61.4 Å². The number of halogens is 1. The molecule has 0 radical (unpaired) electrons. The molecule has 2 atom stereocenters. The molecule has 0 bridgehead atoms. The maximum absolute atomic E-state index is 13.9. The van der Waals surface area contributed by atoms with E-state index in [1.807, 2.05) is 11.0 Å². The molecule has 6 heteroatoms. The molecular weight excluding hydrogens is 405 g/mol. The molecule has 2 amide bonds. The highest BCUT2D eigenvalue weighted by Crippen LogP contribution is 2.32. The predicted octanol–water partition coefficient (Wildman–Crippen LogP) is 3.65. The lowest BCUT2D eigenvalue weighted by atomic mass is 9.91. The molecule has 0 aromatic heterocycles. The molecule has 1 aliphatic carbocycles. The van der Waals surface area contributed by atoms with Crippen LogP contribution in [0.25, 0.3) is 0 Å². The summed E-state index contributed by atoms with van der Waals surface area (Å²) in [7, 11) is 0. The van der Waals surface area contributed by atoms with Crippen LogP contribution in [0.4, 0.5) is 4.39 Å². The molecule has 1 saturated heterocycles. The first-order valence-electron chi connectivity index (χ1n) is 11.5. The zero-order valence-corrected chi connectivity index (χ0v) is 19.1. The van der Waals surface area contributed by atoms with Gasteiger partial charge in [0.25, 0.3) is 5.91 Å². The van der Waals surface area contributed by atoms with Crippen molar-refractivity contribution in [2.75, 3.05) is 13.1 Å². The smallest absolute Gasteiger partial charge is 0.251 e. The van der Waals surface area contributed by atoms with Crippen LogP contribution in [-0.4, -0.2) is 41.9 Å². The van der Waals surface area contributed by atoms with Crippen LogP contribution in [-0.2, 0) is 11.3 Å². The van der Waals surface area contributed by atoms with Crippen LogP contribution in [0.3, 0.4) is 0 Å². The SMILES string of the molecule is Cc1ccc(C(=O)NC2CCNCC2C(=O)N(Cc2cccc(C)c2C)C2CC2)cc1F. The van der Waals surface area contributed by atoms with E-state index in [1.54, 1.807) is 19.1 Å². The normalized spacial score (nSPS) is 20.6. The summed E-state index contributed by atoms with van der Waals surface area (Å²) in [5, 5.41) is 6.33. The van der Waals surface area contributed by atoms with E-state index in [1.165, 1.54) is 22.8 Å². The summed E-state index contributed by atoms with van der Waals surface area (Å²) >= 11 is 0. The highest BCUT2D eigenvalue weighted by Gasteiger charge is 2.40. The van der Waals surface area contributed by atoms with Gasteiger partial charge in [0.1, 0.15) is 5.82 Å². The maximum Gasteiger partial charge on any atom is 0.251 e. The van der Waals surface area contributed by atoms with Crippen LogP contribution in [0.5, 0.6) is 0 Å². The average Bonchev–Trinajstić information content (AvgIpc) is 3.62. The number of amides is 2. The lowest BCUT2D eigenvalue weighted by molar-refractivity contribution is -0.138. The summed E-state index contributed by atoms with van der Waals surface area (Å²) in [6.07, 6.45) is 2.71. The first-order valence-corrected chi connectivity index (χ1v) is 11.5. The van der Waals surface area contributed by atoms with Crippen molar-refractivity contribution in [1.29, 1.82) is 0 Å². The zero-order valence-electron chi connectivity index (χ0n) is 19.1. The van der Waals surface area contributed by atoms with Crippen molar-refractivity contribution in [1.82, 2.24) is 15.5 Å². The molecule has 5 nitrogen and oxygen atoms in total. The van der Waals surface area contributed by atoms with Crippen LogP contribution < -0.4 is 10.6 Å².